The van der Waals surface area contributed by atoms with E-state index in [0.29, 0.717) is 80.6 Å². The summed E-state index contributed by atoms with van der Waals surface area (Å²) in [7, 11) is 2.15. The van der Waals surface area contributed by atoms with Crippen LogP contribution in [0.15, 0.2) is 73.2 Å². The van der Waals surface area contributed by atoms with Crippen molar-refractivity contribution in [2.24, 2.45) is 17.2 Å². The summed E-state index contributed by atoms with van der Waals surface area (Å²) >= 11 is 0. The van der Waals surface area contributed by atoms with E-state index in [1.54, 1.807) is 4.90 Å². The van der Waals surface area contributed by atoms with E-state index in [2.05, 4.69) is 25.0 Å². The molecule has 3 aliphatic rings. The number of benzene rings is 3. The molecule has 6 heterocycles. The molecule has 6 aromatic rings. The van der Waals surface area contributed by atoms with Gasteiger partial charge >= 0.3 is 60.4 Å². The zero-order valence-electron chi connectivity index (χ0n) is 52.5. The van der Waals surface area contributed by atoms with Crippen molar-refractivity contribution in [3.63, 3.8) is 0 Å². The number of carbonyl (C=O) groups excluding carboxylic acids is 2. The molecule has 0 spiro atoms. The Labute approximate surface area is 583 Å². The fourth-order valence-corrected chi connectivity index (χ4v) is 10.3. The van der Waals surface area contributed by atoms with Gasteiger partial charge in [0, 0.05) is 83.0 Å². The first-order chi connectivity index (χ1) is 43.2. The number of anilines is 2. The number of nitrogens with two attached hydrogens (primary N) is 3. The molecule has 3 fully saturated rings. The van der Waals surface area contributed by atoms with Crippen molar-refractivity contribution < 1.29 is 173 Å². The molecule has 6 unspecified atom stereocenters. The van der Waals surface area contributed by atoms with Gasteiger partial charge in [0.05, 0.1) is 95.6 Å². The molecule has 0 amide bonds. The number of rotatable bonds is 14. The molecule has 3 aromatic carbocycles. The largest absolute Gasteiger partial charge is 1.00 e. The van der Waals surface area contributed by atoms with Crippen molar-refractivity contribution in [3.8, 4) is 33.8 Å². The van der Waals surface area contributed by atoms with Crippen LogP contribution in [0.25, 0.3) is 33.8 Å². The second kappa shape index (κ2) is 37.4. The normalized spacial score (nSPS) is 19.2. The third-order valence-corrected chi connectivity index (χ3v) is 15.3. The number of hydrogen-bond acceptors (Lipinski definition) is 17. The van der Waals surface area contributed by atoms with Gasteiger partial charge < -0.3 is 76.1 Å². The summed E-state index contributed by atoms with van der Waals surface area (Å²) in [5, 5.41) is 41.4. The maximum atomic E-state index is 14.2. The number of methoxy groups -OCH3 is 2. The second-order valence-electron chi connectivity index (χ2n) is 21.6. The van der Waals surface area contributed by atoms with Crippen LogP contribution in [-0.4, -0.2) is 163 Å². The minimum Gasteiger partial charge on any atom is -1.00 e. The third kappa shape index (κ3) is 20.9. The number of aliphatic hydroxyl groups is 4. The van der Waals surface area contributed by atoms with E-state index in [0.717, 1.165) is 39.3 Å². The molecule has 3 radical (unpaired) electrons. The van der Waals surface area contributed by atoms with Gasteiger partial charge in [0.2, 0.25) is 0 Å². The molecule has 9 rings (SSSR count). The number of nitrogens with one attached hydrogen (secondary N) is 1. The minimum atomic E-state index is -3.05. The molecule has 11 N–H and O–H groups in total. The van der Waals surface area contributed by atoms with Crippen LogP contribution in [0, 0.1) is 58.2 Å². The van der Waals surface area contributed by atoms with Gasteiger partial charge in [-0.05, 0) is 81.5 Å². The van der Waals surface area contributed by atoms with Gasteiger partial charge in [0.1, 0.15) is 35.8 Å². The Morgan fingerprint density at radius 2 is 0.885 bits per heavy atom. The number of pyridine rings is 3. The number of alkyl halides is 6. The fraction of sp³-hybridized carbons (Fsp3) is 0.407. The van der Waals surface area contributed by atoms with Gasteiger partial charge in [-0.2, -0.15) is 0 Å². The molecule has 17 nitrogen and oxygen atoms in total. The van der Waals surface area contributed by atoms with E-state index in [-0.39, 0.29) is 150 Å². The molecule has 3 aliphatic heterocycles. The van der Waals surface area contributed by atoms with Crippen LogP contribution in [0.1, 0.15) is 67.7 Å². The number of hydrogen-bond donors (Lipinski definition) is 8. The van der Waals surface area contributed by atoms with E-state index in [1.165, 1.54) is 23.4 Å². The molecule has 3 saturated heterocycles. The van der Waals surface area contributed by atoms with Gasteiger partial charge in [-0.15, -0.1) is 0 Å². The van der Waals surface area contributed by atoms with Crippen LogP contribution in [0.5, 0.6) is 0 Å². The molecule has 37 heteroatoms. The maximum absolute atomic E-state index is 14.2. The Morgan fingerprint density at radius 1 is 0.542 bits per heavy atom. The Balaban J connectivity index is 0.00000131. The van der Waals surface area contributed by atoms with Gasteiger partial charge in [-0.3, -0.25) is 15.0 Å². The fourth-order valence-electron chi connectivity index (χ4n) is 10.3. The first-order valence-corrected chi connectivity index (χ1v) is 27.6. The average Bonchev–Trinajstić information content (AvgIpc) is 0.786. The predicted octanol–water partition coefficient (Wildman–Crippen LogP) is -0.767. The standard InChI is InChI=1S/C20H20F5N3O3.C19H20F5N3O2.C13H7F4NO2.C7H14F2N2O.B.ClH.Li.Na.H2.H/c1-31-19(30)11-6-15(10-5-13(22)14(23)7-12(10)21)27-8-16(11)28-4-2-3-20(26,9-28)17(29)18(24)25;20-12-6-14(22)13(21)5-11(12)15-4-10(8-28)16(7-26-15)27-3-1-2-19(25,9-27)17(29)18(23)24;1-20-13(19)7-3-12(18-5-11(7)17)6-2-9(15)10(16)4-8(6)14;8-6(9)5(12)7(10)2-1-3-11-4-7;;;;;;/h5-8,17-18,29H,2-4,9,26H2,1H3;4-7,17-18,28-29H,1-3,8-9,25H2;2-5H,1H3;5-6,11-12H,1-4,10H2;;1H;;;1H;/q;;;;;;2*+1;;-1/p-1/i;;;;;;;;1+1;. The molecular formula is C59H64BClF16LiN9NaO8. The number of halogens is 17. The van der Waals surface area contributed by atoms with Crippen LogP contribution >= 0.6 is 0 Å². The number of esters is 2. The van der Waals surface area contributed by atoms with Crippen molar-refractivity contribution in [1.82, 2.24) is 20.3 Å². The van der Waals surface area contributed by atoms with Crippen LogP contribution in [0.4, 0.5) is 81.6 Å². The predicted molar refractivity (Wildman–Crippen MR) is 308 cm³/mol. The zero-order valence-corrected chi connectivity index (χ0v) is 54.2. The zero-order chi connectivity index (χ0) is 68.3. The van der Waals surface area contributed by atoms with E-state index >= 15 is 0 Å². The van der Waals surface area contributed by atoms with Crippen LogP contribution in [-0.2, 0) is 16.1 Å². The molecule has 96 heavy (non-hydrogen) atoms. The van der Waals surface area contributed by atoms with Crippen molar-refractivity contribution >= 4 is 31.7 Å². The molecule has 0 saturated carbocycles. The quantitative estimate of drug-likeness (QED) is 0.0288. The molecule has 0 aliphatic carbocycles. The van der Waals surface area contributed by atoms with E-state index in [9.17, 15) is 95.2 Å². The van der Waals surface area contributed by atoms with Crippen LogP contribution in [0.2, 0.25) is 0 Å². The Morgan fingerprint density at radius 3 is 1.27 bits per heavy atom. The number of nitrogens with zero attached hydrogens (tertiary/aromatic N) is 5. The monoisotopic (exact) mass is 1410 g/mol. The molecule has 517 valence electrons. The minimum absolute atomic E-state index is 0. The van der Waals surface area contributed by atoms with Crippen LogP contribution in [0.3, 0.4) is 0 Å². The second-order valence-corrected chi connectivity index (χ2v) is 21.6. The van der Waals surface area contributed by atoms with Crippen molar-refractivity contribution in [2.45, 2.75) is 99.3 Å². The molecular weight excluding hydrogens is 1340 g/mol. The number of aromatic nitrogens is 3. The molecule has 6 atom stereocenters. The smallest absolute Gasteiger partial charge is 1.00 e. The summed E-state index contributed by atoms with van der Waals surface area (Å²) in [5.41, 5.74) is 12.1. The van der Waals surface area contributed by atoms with Crippen molar-refractivity contribution in [1.29, 1.82) is 0 Å². The van der Waals surface area contributed by atoms with Gasteiger partial charge in [0.15, 0.2) is 40.7 Å². The number of aliphatic hydroxyl groups excluding tert-OH is 4. The molecule has 0 bridgehead atoms. The summed E-state index contributed by atoms with van der Waals surface area (Å²) in [6.45, 7) is 0.978. The molecule has 3 aromatic heterocycles. The van der Waals surface area contributed by atoms with E-state index in [4.69, 9.17) is 27.0 Å². The average molecular weight is 1410 g/mol. The third-order valence-electron chi connectivity index (χ3n) is 15.3. The van der Waals surface area contributed by atoms with Gasteiger partial charge in [0.25, 0.3) is 19.3 Å². The first kappa shape index (κ1) is 86.2. The summed E-state index contributed by atoms with van der Waals surface area (Å²) < 4.78 is 220. The SMILES string of the molecule is COC(=O)c1cc(-c2cc(F)c(F)cc2F)ncc1F.COC(=O)c1cc(-c2cc(F)c(F)cc2F)ncc1N1CCCC(N)(C(O)C(F)F)C1.NC1(C(O)C(F)F)CCCN(c2cnc(-c3cc(F)c(F)cc3F)cc2CO)C1.NC1(C(O)C(F)F)CCCNC1.[2HH].[B].[Cl-].[H-].[Li+].[Na+]. The van der Waals surface area contributed by atoms with Crippen molar-refractivity contribution in [3.05, 3.63) is 148 Å². The number of carbonyl (C=O) groups is 2. The summed E-state index contributed by atoms with van der Waals surface area (Å²) in [6, 6.07) is 6.29. The first-order valence-electron chi connectivity index (χ1n) is 27.6. The Kier molecular flexibility index (Phi) is 33.6. The number of piperidine rings is 3. The Hall–Kier alpha value is -5.84. The van der Waals surface area contributed by atoms with Crippen molar-refractivity contribution in [2.75, 3.05) is 63.3 Å². The summed E-state index contributed by atoms with van der Waals surface area (Å²) in [6.07, 6.45) is -9.24. The summed E-state index contributed by atoms with van der Waals surface area (Å²) in [5.74, 6) is -13.9. The topological polar surface area (TPSA) is 269 Å². The summed E-state index contributed by atoms with van der Waals surface area (Å²) in [4.78, 5) is 38.4. The van der Waals surface area contributed by atoms with Crippen LogP contribution < -0.4 is 93.1 Å². The Bertz CT molecular complexity index is 3610. The van der Waals surface area contributed by atoms with Gasteiger partial charge in [-0.25, -0.2) is 79.8 Å². The maximum Gasteiger partial charge on any atom is 1.00 e. The van der Waals surface area contributed by atoms with E-state index < -0.39 is 142 Å². The van der Waals surface area contributed by atoms with E-state index in [1.807, 2.05) is 0 Å². The van der Waals surface area contributed by atoms with Gasteiger partial charge in [-0.1, -0.05) is 0 Å². The number of ether oxygens (including phenoxy) is 2.